The molecule has 0 radical (unpaired) electrons. The highest BCUT2D eigenvalue weighted by atomic mass is 19.4. The van der Waals surface area contributed by atoms with Gasteiger partial charge in [-0.1, -0.05) is 0 Å². The van der Waals surface area contributed by atoms with Crippen molar-refractivity contribution in [1.29, 1.82) is 0 Å². The Morgan fingerprint density at radius 2 is 2.20 bits per heavy atom. The molecule has 0 saturated carbocycles. The molecule has 0 fully saturated rings. The molecule has 0 aliphatic heterocycles. The number of carbonyl (C=O) groups excluding carboxylic acids is 1. The van der Waals surface area contributed by atoms with Crippen molar-refractivity contribution in [2.75, 3.05) is 5.32 Å². The molecule has 1 atom stereocenters. The zero-order valence-corrected chi connectivity index (χ0v) is 7.72. The number of aromatic amines is 1. The van der Waals surface area contributed by atoms with Crippen LogP contribution in [0.25, 0.3) is 0 Å². The van der Waals surface area contributed by atoms with Crippen LogP contribution in [0.4, 0.5) is 19.0 Å². The van der Waals surface area contributed by atoms with Crippen LogP contribution in [-0.4, -0.2) is 27.8 Å². The van der Waals surface area contributed by atoms with Gasteiger partial charge < -0.3 is 11.1 Å². The van der Waals surface area contributed by atoms with Crippen LogP contribution in [0.15, 0.2) is 12.3 Å². The van der Waals surface area contributed by atoms with E-state index in [2.05, 4.69) is 10.2 Å². The Morgan fingerprint density at radius 1 is 1.60 bits per heavy atom. The van der Waals surface area contributed by atoms with Crippen LogP contribution < -0.4 is 11.1 Å². The number of nitrogens with one attached hydrogen (secondary N) is 2. The molecule has 1 aromatic heterocycles. The van der Waals surface area contributed by atoms with Crippen molar-refractivity contribution in [2.24, 2.45) is 5.73 Å². The van der Waals surface area contributed by atoms with Gasteiger partial charge in [-0.15, -0.1) is 0 Å². The van der Waals surface area contributed by atoms with Crippen molar-refractivity contribution in [3.8, 4) is 0 Å². The molecule has 84 valence electrons. The quantitative estimate of drug-likeness (QED) is 0.686. The minimum Gasteiger partial charge on any atom is -0.310 e. The molecule has 1 unspecified atom stereocenters. The number of aromatic nitrogens is 2. The Bertz CT molecular complexity index is 344. The fourth-order valence-electron chi connectivity index (χ4n) is 0.706. The van der Waals surface area contributed by atoms with Crippen molar-refractivity contribution in [3.05, 3.63) is 12.3 Å². The first-order chi connectivity index (χ1) is 6.75. The molecule has 1 aromatic rings. The molecule has 8 heteroatoms. The first-order valence-electron chi connectivity index (χ1n) is 3.91. The van der Waals surface area contributed by atoms with E-state index in [1.165, 1.54) is 12.3 Å². The van der Waals surface area contributed by atoms with Gasteiger partial charge in [-0.25, -0.2) is 0 Å². The Hall–Kier alpha value is -1.57. The van der Waals surface area contributed by atoms with E-state index >= 15 is 0 Å². The van der Waals surface area contributed by atoms with Crippen LogP contribution in [0.3, 0.4) is 0 Å². The maximum atomic E-state index is 12.3. The number of alkyl halides is 3. The summed E-state index contributed by atoms with van der Waals surface area (Å²) in [5, 5.41) is 7.71. The molecule has 0 aliphatic carbocycles. The van der Waals surface area contributed by atoms with Crippen molar-refractivity contribution in [2.45, 2.75) is 18.6 Å². The Labute approximate surface area is 82.8 Å². The van der Waals surface area contributed by atoms with Crippen molar-refractivity contribution in [1.82, 2.24) is 10.2 Å². The van der Waals surface area contributed by atoms with E-state index in [-0.39, 0.29) is 5.82 Å². The molecule has 4 N–H and O–H groups in total. The normalized spacial score (nSPS) is 15.8. The monoisotopic (exact) mass is 222 g/mol. The number of hydrogen-bond acceptors (Lipinski definition) is 3. The van der Waals surface area contributed by atoms with Gasteiger partial charge >= 0.3 is 6.18 Å². The summed E-state index contributed by atoms with van der Waals surface area (Å²) >= 11 is 0. The van der Waals surface area contributed by atoms with Crippen molar-refractivity contribution < 1.29 is 18.0 Å². The fourth-order valence-corrected chi connectivity index (χ4v) is 0.706. The van der Waals surface area contributed by atoms with Crippen molar-refractivity contribution >= 4 is 11.7 Å². The van der Waals surface area contributed by atoms with Gasteiger partial charge in [0.15, 0.2) is 5.54 Å². The molecule has 0 aliphatic rings. The largest absolute Gasteiger partial charge is 0.415 e. The summed E-state index contributed by atoms with van der Waals surface area (Å²) in [6.45, 7) is 0.596. The lowest BCUT2D eigenvalue weighted by atomic mass is 10.0. The van der Waals surface area contributed by atoms with Crippen LogP contribution in [0.5, 0.6) is 0 Å². The van der Waals surface area contributed by atoms with Gasteiger partial charge in [-0.3, -0.25) is 9.89 Å². The van der Waals surface area contributed by atoms with E-state index in [0.717, 1.165) is 0 Å². The van der Waals surface area contributed by atoms with E-state index in [9.17, 15) is 18.0 Å². The standard InChI is InChI=1S/C7H9F3N4O/c1-6(11,7(8,9)10)5(15)13-4-2-3-12-14-4/h2-3H,11H2,1H3,(H2,12,13,14,15). The SMILES string of the molecule is CC(N)(C(=O)Nc1ccn[nH]1)C(F)(F)F. The summed E-state index contributed by atoms with van der Waals surface area (Å²) in [5.74, 6) is -1.29. The molecule has 15 heavy (non-hydrogen) atoms. The lowest BCUT2D eigenvalue weighted by Crippen LogP contribution is -2.59. The van der Waals surface area contributed by atoms with E-state index in [4.69, 9.17) is 5.73 Å². The van der Waals surface area contributed by atoms with Gasteiger partial charge in [-0.2, -0.15) is 18.3 Å². The molecule has 0 spiro atoms. The number of hydrogen-bond donors (Lipinski definition) is 3. The van der Waals surface area contributed by atoms with Gasteiger partial charge in [0.25, 0.3) is 5.91 Å². The highest BCUT2D eigenvalue weighted by Crippen LogP contribution is 2.28. The first-order valence-corrected chi connectivity index (χ1v) is 3.91. The van der Waals surface area contributed by atoms with Crippen LogP contribution in [0, 0.1) is 0 Å². The maximum absolute atomic E-state index is 12.3. The van der Waals surface area contributed by atoms with Crippen LogP contribution in [0.1, 0.15) is 6.92 Å². The molecule has 0 aromatic carbocycles. The van der Waals surface area contributed by atoms with Crippen LogP contribution in [-0.2, 0) is 4.79 Å². The molecule has 5 nitrogen and oxygen atoms in total. The number of nitrogens with two attached hydrogens (primary N) is 1. The van der Waals surface area contributed by atoms with Gasteiger partial charge in [0.05, 0.1) is 6.20 Å². The van der Waals surface area contributed by atoms with Gasteiger partial charge in [0.2, 0.25) is 0 Å². The van der Waals surface area contributed by atoms with Gasteiger partial charge in [-0.05, 0) is 6.92 Å². The second kappa shape index (κ2) is 3.54. The number of carbonyl (C=O) groups is 1. The smallest absolute Gasteiger partial charge is 0.310 e. The molecule has 1 amide bonds. The minimum absolute atomic E-state index is 0.0564. The van der Waals surface area contributed by atoms with Crippen LogP contribution in [0.2, 0.25) is 0 Å². The van der Waals surface area contributed by atoms with Gasteiger partial charge in [0.1, 0.15) is 5.82 Å². The molecular weight excluding hydrogens is 213 g/mol. The van der Waals surface area contributed by atoms with E-state index in [1.54, 1.807) is 0 Å². The number of halogens is 3. The number of amides is 1. The minimum atomic E-state index is -4.81. The summed E-state index contributed by atoms with van der Waals surface area (Å²) in [6.07, 6.45) is -3.52. The number of rotatable bonds is 2. The third-order valence-electron chi connectivity index (χ3n) is 1.81. The predicted octanol–water partition coefficient (Wildman–Crippen LogP) is 0.628. The Morgan fingerprint density at radius 3 is 2.60 bits per heavy atom. The second-order valence-electron chi connectivity index (χ2n) is 3.12. The highest BCUT2D eigenvalue weighted by molar-refractivity contribution is 5.97. The zero-order valence-electron chi connectivity index (χ0n) is 7.72. The van der Waals surface area contributed by atoms with Crippen LogP contribution >= 0.6 is 0 Å². The Balaban J connectivity index is 2.77. The van der Waals surface area contributed by atoms with E-state index < -0.39 is 17.6 Å². The first kappa shape index (κ1) is 11.5. The molecule has 1 heterocycles. The predicted molar refractivity (Wildman–Crippen MR) is 45.9 cm³/mol. The second-order valence-corrected chi connectivity index (χ2v) is 3.12. The average molecular weight is 222 g/mol. The summed E-state index contributed by atoms with van der Waals surface area (Å²) < 4.78 is 36.9. The maximum Gasteiger partial charge on any atom is 0.415 e. The molecular formula is C7H9F3N4O. The molecule has 1 rings (SSSR count). The number of nitrogens with zero attached hydrogens (tertiary/aromatic N) is 1. The third-order valence-corrected chi connectivity index (χ3v) is 1.81. The number of anilines is 1. The van der Waals surface area contributed by atoms with E-state index in [0.29, 0.717) is 6.92 Å². The third kappa shape index (κ3) is 2.27. The lowest BCUT2D eigenvalue weighted by Gasteiger charge is -2.25. The summed E-state index contributed by atoms with van der Waals surface area (Å²) in [7, 11) is 0. The highest BCUT2D eigenvalue weighted by Gasteiger charge is 2.54. The molecule has 0 saturated heterocycles. The number of H-pyrrole nitrogens is 1. The zero-order chi connectivity index (χ0) is 11.7. The van der Waals surface area contributed by atoms with Crippen molar-refractivity contribution in [3.63, 3.8) is 0 Å². The lowest BCUT2D eigenvalue weighted by molar-refractivity contribution is -0.184. The summed E-state index contributed by atoms with van der Waals surface area (Å²) in [6, 6.07) is 1.31. The summed E-state index contributed by atoms with van der Waals surface area (Å²) in [4.78, 5) is 11.2. The summed E-state index contributed by atoms with van der Waals surface area (Å²) in [5.41, 5.74) is 1.95. The fraction of sp³-hybridized carbons (Fsp3) is 0.429. The Kier molecular flexibility index (Phi) is 2.71. The average Bonchev–Trinajstić information content (AvgIpc) is 2.54. The van der Waals surface area contributed by atoms with E-state index in [1.807, 2.05) is 5.32 Å². The molecule has 0 bridgehead atoms. The topological polar surface area (TPSA) is 83.8 Å². The van der Waals surface area contributed by atoms with Gasteiger partial charge in [0, 0.05) is 6.07 Å².